The van der Waals surface area contributed by atoms with Gasteiger partial charge in [-0.15, -0.1) is 4.68 Å². The van der Waals surface area contributed by atoms with Crippen LogP contribution in [-0.2, 0) is 4.74 Å². The number of ether oxygens (including phenoxy) is 2. The van der Waals surface area contributed by atoms with Crippen LogP contribution >= 0.6 is 0 Å². The Balaban J connectivity index is 1.64. The molecule has 1 aromatic carbocycles. The second-order valence-electron chi connectivity index (χ2n) is 11.5. The second-order valence-corrected chi connectivity index (χ2v) is 11.5. The Morgan fingerprint density at radius 3 is 2.38 bits per heavy atom. The molecule has 12 heteroatoms. The van der Waals surface area contributed by atoms with Crippen molar-refractivity contribution < 1.29 is 23.0 Å². The van der Waals surface area contributed by atoms with Gasteiger partial charge in [0.25, 0.3) is 6.43 Å². The summed E-state index contributed by atoms with van der Waals surface area (Å²) in [5.41, 5.74) is -0.458. The van der Waals surface area contributed by atoms with E-state index >= 15 is 0 Å². The number of aromatic nitrogens is 4. The van der Waals surface area contributed by atoms with E-state index in [0.717, 1.165) is 5.56 Å². The maximum atomic E-state index is 14.3. The number of hydrogen-bond acceptors (Lipinski definition) is 9. The highest BCUT2D eigenvalue weighted by atomic mass is 19.3. The highest BCUT2D eigenvalue weighted by Crippen LogP contribution is 2.67. The first-order valence-corrected chi connectivity index (χ1v) is 12.6. The summed E-state index contributed by atoms with van der Waals surface area (Å²) in [5, 5.41) is 25.1. The van der Waals surface area contributed by atoms with Crippen LogP contribution in [-0.4, -0.2) is 37.0 Å². The molecule has 10 nitrogen and oxygen atoms in total. The lowest BCUT2D eigenvalue weighted by Crippen LogP contribution is -2.70. The third-order valence-electron chi connectivity index (χ3n) is 6.97. The van der Waals surface area contributed by atoms with E-state index in [4.69, 9.17) is 14.7 Å². The van der Waals surface area contributed by atoms with E-state index in [-0.39, 0.29) is 33.8 Å². The lowest BCUT2D eigenvalue weighted by atomic mass is 9.40. The summed E-state index contributed by atoms with van der Waals surface area (Å²) in [6.45, 7) is 8.51. The zero-order valence-electron chi connectivity index (χ0n) is 22.7. The number of allylic oxidation sites excluding steroid dienone is 1. The van der Waals surface area contributed by atoms with Gasteiger partial charge >= 0.3 is 6.09 Å². The highest BCUT2D eigenvalue weighted by Gasteiger charge is 2.69. The summed E-state index contributed by atoms with van der Waals surface area (Å²) < 4.78 is 40.8. The molecule has 0 spiro atoms. The van der Waals surface area contributed by atoms with Crippen molar-refractivity contribution in [1.82, 2.24) is 19.7 Å². The molecule has 3 aliphatic rings. The quantitative estimate of drug-likeness (QED) is 0.350. The van der Waals surface area contributed by atoms with Crippen molar-refractivity contribution in [3.8, 4) is 23.8 Å². The van der Waals surface area contributed by atoms with Gasteiger partial charge in [0, 0.05) is 11.6 Å². The van der Waals surface area contributed by atoms with Gasteiger partial charge in [0.1, 0.15) is 22.4 Å². The normalized spacial score (nSPS) is 21.4. The number of rotatable bonds is 6. The van der Waals surface area contributed by atoms with Gasteiger partial charge in [-0.1, -0.05) is 0 Å². The van der Waals surface area contributed by atoms with Crippen LogP contribution in [0, 0.1) is 41.9 Å². The minimum absolute atomic E-state index is 0.0585. The van der Waals surface area contributed by atoms with Crippen LogP contribution in [0.3, 0.4) is 0 Å². The number of benzene rings is 1. The van der Waals surface area contributed by atoms with E-state index in [1.807, 2.05) is 6.07 Å². The van der Waals surface area contributed by atoms with Gasteiger partial charge in [-0.2, -0.15) is 25.6 Å². The van der Waals surface area contributed by atoms with Crippen LogP contribution in [0.25, 0.3) is 17.1 Å². The molecule has 2 aromatic heterocycles. The first-order valence-electron chi connectivity index (χ1n) is 12.6. The Bertz CT molecular complexity index is 1610. The zero-order chi connectivity index (χ0) is 29.0. The SMILES string of the molecule is Cc1cc(/C=C/C#N)cc(C)c1Oc1nc(NC23CC(C#N)(C2)C3)nc2c1c(C(F)F)nn2C(=O)OC(C)(C)C. The number of anilines is 1. The van der Waals surface area contributed by atoms with Crippen LogP contribution in [0.4, 0.5) is 19.5 Å². The number of hydrogen-bond donors (Lipinski definition) is 1. The van der Waals surface area contributed by atoms with E-state index in [1.165, 1.54) is 6.08 Å². The first-order chi connectivity index (χ1) is 18.8. The van der Waals surface area contributed by atoms with E-state index in [0.29, 0.717) is 40.8 Å². The van der Waals surface area contributed by atoms with Gasteiger partial charge < -0.3 is 14.8 Å². The van der Waals surface area contributed by atoms with Crippen molar-refractivity contribution in [1.29, 1.82) is 10.5 Å². The third-order valence-corrected chi connectivity index (χ3v) is 6.97. The van der Waals surface area contributed by atoms with Gasteiger partial charge in [-0.05, 0) is 88.8 Å². The highest BCUT2D eigenvalue weighted by molar-refractivity contribution is 5.91. The van der Waals surface area contributed by atoms with Crippen LogP contribution in [0.5, 0.6) is 11.6 Å². The number of nitrogens with zero attached hydrogens (tertiary/aromatic N) is 6. The summed E-state index contributed by atoms with van der Waals surface area (Å²) in [5.74, 6) is 0.230. The molecule has 0 amide bonds. The molecule has 0 saturated heterocycles. The van der Waals surface area contributed by atoms with E-state index in [1.54, 1.807) is 52.8 Å². The minimum Gasteiger partial charge on any atom is -0.442 e. The van der Waals surface area contributed by atoms with Gasteiger partial charge in [-0.25, -0.2) is 13.6 Å². The molecule has 40 heavy (non-hydrogen) atoms. The molecule has 2 heterocycles. The number of nitriles is 2. The van der Waals surface area contributed by atoms with E-state index < -0.39 is 23.8 Å². The van der Waals surface area contributed by atoms with Crippen LogP contribution < -0.4 is 10.1 Å². The Morgan fingerprint density at radius 2 is 1.82 bits per heavy atom. The number of nitrogens with one attached hydrogen (secondary N) is 1. The first kappa shape index (κ1) is 27.0. The van der Waals surface area contributed by atoms with Gasteiger partial charge in [0.05, 0.1) is 17.6 Å². The molecular weight excluding hydrogens is 520 g/mol. The van der Waals surface area contributed by atoms with Crippen molar-refractivity contribution in [3.63, 3.8) is 0 Å². The zero-order valence-corrected chi connectivity index (χ0v) is 22.7. The van der Waals surface area contributed by atoms with Crippen molar-refractivity contribution in [2.24, 2.45) is 5.41 Å². The fraction of sp³-hybridized carbons (Fsp3) is 0.429. The van der Waals surface area contributed by atoms with Crippen molar-refractivity contribution >= 4 is 29.2 Å². The molecule has 3 fully saturated rings. The van der Waals surface area contributed by atoms with Crippen molar-refractivity contribution in [2.75, 3.05) is 5.32 Å². The molecule has 206 valence electrons. The van der Waals surface area contributed by atoms with Crippen molar-refractivity contribution in [3.05, 3.63) is 40.6 Å². The molecule has 0 aliphatic heterocycles. The fourth-order valence-corrected chi connectivity index (χ4v) is 5.47. The van der Waals surface area contributed by atoms with E-state index in [9.17, 15) is 18.8 Å². The number of fused-ring (bicyclic) bond motifs is 1. The predicted molar refractivity (Wildman–Crippen MR) is 141 cm³/mol. The summed E-state index contributed by atoms with van der Waals surface area (Å²) in [6.07, 6.45) is 0.778. The van der Waals surface area contributed by atoms with Crippen LogP contribution in [0.2, 0.25) is 0 Å². The summed E-state index contributed by atoms with van der Waals surface area (Å²) in [7, 11) is 0. The molecule has 3 aromatic rings. The third kappa shape index (κ3) is 4.70. The maximum Gasteiger partial charge on any atom is 0.437 e. The molecule has 0 atom stereocenters. The van der Waals surface area contributed by atoms with Gasteiger partial charge in [-0.3, -0.25) is 0 Å². The van der Waals surface area contributed by atoms with Crippen LogP contribution in [0.1, 0.15) is 68.8 Å². The van der Waals surface area contributed by atoms with Gasteiger partial charge in [0.15, 0.2) is 5.65 Å². The molecule has 2 bridgehead atoms. The van der Waals surface area contributed by atoms with Crippen LogP contribution in [0.15, 0.2) is 18.2 Å². The molecular formula is C28H27F2N7O3. The number of carbonyl (C=O) groups is 1. The molecule has 6 rings (SSSR count). The number of carbonyl (C=O) groups excluding carboxylic acids is 1. The average molecular weight is 548 g/mol. The largest absolute Gasteiger partial charge is 0.442 e. The monoisotopic (exact) mass is 547 g/mol. The topological polar surface area (TPSA) is 139 Å². The maximum absolute atomic E-state index is 14.3. The lowest BCUT2D eigenvalue weighted by molar-refractivity contribution is -0.0665. The standard InChI is InChI=1S/C28H27F2N7O3/c1-15-9-17(7-6-8-31)10-16(2)20(15)39-23-18-19(21(29)30)36-37(25(38)40-26(3,4)5)22(18)33-24(34-23)35-28-11-27(12-28,13-28)14-32/h6-7,9-10,21H,11-13H2,1-5H3,(H,33,34,35)/b7-6+. The van der Waals surface area contributed by atoms with Crippen molar-refractivity contribution in [2.45, 2.75) is 71.4 Å². The number of alkyl halides is 2. The minimum atomic E-state index is -3.07. The molecule has 0 unspecified atom stereocenters. The number of aryl methyl sites for hydroxylation is 2. The molecule has 3 saturated carbocycles. The average Bonchev–Trinajstić information content (AvgIpc) is 3.20. The summed E-state index contributed by atoms with van der Waals surface area (Å²) in [4.78, 5) is 21.9. The summed E-state index contributed by atoms with van der Waals surface area (Å²) >= 11 is 0. The fourth-order valence-electron chi connectivity index (χ4n) is 5.47. The van der Waals surface area contributed by atoms with Gasteiger partial charge in [0.2, 0.25) is 11.8 Å². The lowest BCUT2D eigenvalue weighted by Gasteiger charge is -2.66. The smallest absolute Gasteiger partial charge is 0.437 e. The molecule has 3 aliphatic carbocycles. The Morgan fingerprint density at radius 1 is 1.18 bits per heavy atom. The predicted octanol–water partition coefficient (Wildman–Crippen LogP) is 6.35. The number of halogens is 2. The Kier molecular flexibility index (Phi) is 6.25. The summed E-state index contributed by atoms with van der Waals surface area (Å²) in [6, 6.07) is 7.85. The van der Waals surface area contributed by atoms with E-state index in [2.05, 4.69) is 26.5 Å². The Labute approximate surface area is 229 Å². The second kappa shape index (κ2) is 9.26. The Hall–Kier alpha value is -4.58. The molecule has 0 radical (unpaired) electrons. The molecule has 1 N–H and O–H groups in total.